The van der Waals surface area contributed by atoms with Gasteiger partial charge in [0.1, 0.15) is 12.4 Å². The quantitative estimate of drug-likeness (QED) is 0.851. The van der Waals surface area contributed by atoms with Crippen LogP contribution in [-0.4, -0.2) is 40.1 Å². The zero-order valence-electron chi connectivity index (χ0n) is 12.1. The van der Waals surface area contributed by atoms with Gasteiger partial charge in [-0.05, 0) is 37.1 Å². The predicted molar refractivity (Wildman–Crippen MR) is 84.0 cm³/mol. The summed E-state index contributed by atoms with van der Waals surface area (Å²) in [5.41, 5.74) is 3.29. The number of thiazole rings is 1. The number of ether oxygens (including phenoxy) is 1. The Morgan fingerprint density at radius 3 is 2.73 bits per heavy atom. The summed E-state index contributed by atoms with van der Waals surface area (Å²) in [4.78, 5) is 18.3. The molecule has 0 aliphatic heterocycles. The number of hydrogen-bond acceptors (Lipinski definition) is 5. The second kappa shape index (κ2) is 6.89. The van der Waals surface area contributed by atoms with Gasteiger partial charge in [0.05, 0.1) is 17.8 Å². The highest BCUT2D eigenvalue weighted by atomic mass is 32.1. The van der Waals surface area contributed by atoms with Crippen LogP contribution in [0.3, 0.4) is 0 Å². The molecule has 5 nitrogen and oxygen atoms in total. The number of carbonyl (C=O) groups excluding carboxylic acids is 1. The first-order valence-electron chi connectivity index (χ1n) is 7.29. The molecule has 1 fully saturated rings. The lowest BCUT2D eigenvalue weighted by atomic mass is 10.2. The lowest BCUT2D eigenvalue weighted by Gasteiger charge is -2.21. The maximum atomic E-state index is 12.4. The second-order valence-electron chi connectivity index (χ2n) is 5.25. The molecule has 0 spiro atoms. The number of rotatable bonds is 7. The molecule has 116 valence electrons. The fourth-order valence-corrected chi connectivity index (χ4v) is 2.81. The molecule has 1 heterocycles. The van der Waals surface area contributed by atoms with Gasteiger partial charge in [0, 0.05) is 23.5 Å². The van der Waals surface area contributed by atoms with Crippen molar-refractivity contribution in [1.29, 1.82) is 0 Å². The second-order valence-corrected chi connectivity index (χ2v) is 5.96. The van der Waals surface area contributed by atoms with Gasteiger partial charge < -0.3 is 14.7 Å². The van der Waals surface area contributed by atoms with Gasteiger partial charge in [0.2, 0.25) is 0 Å². The van der Waals surface area contributed by atoms with Gasteiger partial charge in [0.25, 0.3) is 5.91 Å². The van der Waals surface area contributed by atoms with E-state index in [2.05, 4.69) is 4.98 Å². The minimum absolute atomic E-state index is 0.00290. The van der Waals surface area contributed by atoms with Crippen LogP contribution in [0.15, 0.2) is 35.2 Å². The highest BCUT2D eigenvalue weighted by molar-refractivity contribution is 7.07. The van der Waals surface area contributed by atoms with Gasteiger partial charge >= 0.3 is 0 Å². The third-order valence-corrected chi connectivity index (χ3v) is 4.20. The molecule has 1 aliphatic rings. The number of aliphatic hydroxyl groups is 1. The fraction of sp³-hybridized carbons (Fsp3) is 0.375. The standard InChI is InChI=1S/C16H18N2O3S/c19-8-7-18(14-3-4-14)16(20)12-1-5-15(6-2-12)21-9-13-10-22-11-17-13/h1-2,5-6,10-11,14,19H,3-4,7-9H2. The van der Waals surface area contributed by atoms with E-state index < -0.39 is 0 Å². The Bertz CT molecular complexity index is 609. The Morgan fingerprint density at radius 2 is 2.14 bits per heavy atom. The van der Waals surface area contributed by atoms with Crippen LogP contribution in [0.1, 0.15) is 28.9 Å². The Hall–Kier alpha value is -1.92. The number of carbonyl (C=O) groups is 1. The predicted octanol–water partition coefficient (Wildman–Crippen LogP) is 2.32. The van der Waals surface area contributed by atoms with Crippen molar-refractivity contribution >= 4 is 17.2 Å². The Kier molecular flexibility index (Phi) is 4.70. The molecule has 6 heteroatoms. The van der Waals surface area contributed by atoms with Gasteiger partial charge in [-0.15, -0.1) is 11.3 Å². The molecule has 0 saturated heterocycles. The number of amides is 1. The van der Waals surface area contributed by atoms with Crippen LogP contribution >= 0.6 is 11.3 Å². The molecule has 22 heavy (non-hydrogen) atoms. The Labute approximate surface area is 133 Å². The van der Waals surface area contributed by atoms with Crippen LogP contribution in [-0.2, 0) is 6.61 Å². The highest BCUT2D eigenvalue weighted by Gasteiger charge is 2.32. The van der Waals surface area contributed by atoms with Crippen LogP contribution in [0.4, 0.5) is 0 Å². The number of aliphatic hydroxyl groups excluding tert-OH is 1. The van der Waals surface area contributed by atoms with Crippen molar-refractivity contribution in [1.82, 2.24) is 9.88 Å². The summed E-state index contributed by atoms with van der Waals surface area (Å²) in [7, 11) is 0. The smallest absolute Gasteiger partial charge is 0.254 e. The first-order chi connectivity index (χ1) is 10.8. The molecule has 0 bridgehead atoms. The third-order valence-electron chi connectivity index (χ3n) is 3.56. The topological polar surface area (TPSA) is 62.7 Å². The minimum atomic E-state index is -0.0254. The normalized spacial score (nSPS) is 13.9. The maximum absolute atomic E-state index is 12.4. The number of benzene rings is 1. The SMILES string of the molecule is O=C(c1ccc(OCc2cscn2)cc1)N(CCO)C1CC1. The van der Waals surface area contributed by atoms with Crippen LogP contribution in [0, 0.1) is 0 Å². The molecule has 3 rings (SSSR count). The lowest BCUT2D eigenvalue weighted by molar-refractivity contribution is 0.0707. The van der Waals surface area contributed by atoms with Crippen LogP contribution in [0.2, 0.25) is 0 Å². The van der Waals surface area contributed by atoms with E-state index in [1.165, 1.54) is 11.3 Å². The average molecular weight is 318 g/mol. The van der Waals surface area contributed by atoms with Crippen molar-refractivity contribution in [3.05, 3.63) is 46.4 Å². The van der Waals surface area contributed by atoms with Gasteiger partial charge in [-0.1, -0.05) is 0 Å². The summed E-state index contributed by atoms with van der Waals surface area (Å²) in [6.07, 6.45) is 2.06. The average Bonchev–Trinajstić information content (AvgIpc) is 3.25. The molecule has 1 aliphatic carbocycles. The maximum Gasteiger partial charge on any atom is 0.254 e. The number of aromatic nitrogens is 1. The van der Waals surface area contributed by atoms with Gasteiger partial charge in [0.15, 0.2) is 0 Å². The monoisotopic (exact) mass is 318 g/mol. The summed E-state index contributed by atoms with van der Waals surface area (Å²) in [6.45, 7) is 0.818. The van der Waals surface area contributed by atoms with E-state index in [9.17, 15) is 4.79 Å². The van der Waals surface area contributed by atoms with Crippen LogP contribution < -0.4 is 4.74 Å². The Balaban J connectivity index is 1.61. The molecule has 1 aromatic carbocycles. The van der Waals surface area contributed by atoms with Crippen LogP contribution in [0.5, 0.6) is 5.75 Å². The lowest BCUT2D eigenvalue weighted by Crippen LogP contribution is -2.35. The van der Waals surface area contributed by atoms with Crippen molar-refractivity contribution in [2.24, 2.45) is 0 Å². The van der Waals surface area contributed by atoms with Crippen molar-refractivity contribution < 1.29 is 14.6 Å². The van der Waals surface area contributed by atoms with E-state index in [1.807, 2.05) is 5.38 Å². The van der Waals surface area contributed by atoms with Gasteiger partial charge in [-0.3, -0.25) is 4.79 Å². The molecule has 1 saturated carbocycles. The highest BCUT2D eigenvalue weighted by Crippen LogP contribution is 2.28. The van der Waals surface area contributed by atoms with E-state index in [0.29, 0.717) is 30.5 Å². The zero-order valence-corrected chi connectivity index (χ0v) is 13.0. The largest absolute Gasteiger partial charge is 0.487 e. The summed E-state index contributed by atoms with van der Waals surface area (Å²) in [5.74, 6) is 0.687. The first kappa shape index (κ1) is 15.0. The molecule has 1 aromatic heterocycles. The van der Waals surface area contributed by atoms with E-state index >= 15 is 0 Å². The number of nitrogens with zero attached hydrogens (tertiary/aromatic N) is 2. The molecular formula is C16H18N2O3S. The third kappa shape index (κ3) is 3.64. The fourth-order valence-electron chi connectivity index (χ4n) is 2.27. The summed E-state index contributed by atoms with van der Waals surface area (Å²) in [6, 6.07) is 7.42. The van der Waals surface area contributed by atoms with E-state index in [0.717, 1.165) is 18.5 Å². The summed E-state index contributed by atoms with van der Waals surface area (Å²) >= 11 is 1.54. The Morgan fingerprint density at radius 1 is 1.36 bits per heavy atom. The van der Waals surface area contributed by atoms with Crippen molar-refractivity contribution in [3.8, 4) is 5.75 Å². The van der Waals surface area contributed by atoms with E-state index in [1.54, 1.807) is 34.7 Å². The van der Waals surface area contributed by atoms with Crippen molar-refractivity contribution in [3.63, 3.8) is 0 Å². The van der Waals surface area contributed by atoms with Gasteiger partial charge in [-0.2, -0.15) is 0 Å². The van der Waals surface area contributed by atoms with Crippen molar-refractivity contribution in [2.75, 3.05) is 13.2 Å². The van der Waals surface area contributed by atoms with Crippen LogP contribution in [0.25, 0.3) is 0 Å². The van der Waals surface area contributed by atoms with E-state index in [4.69, 9.17) is 9.84 Å². The molecule has 0 atom stereocenters. The summed E-state index contributed by atoms with van der Waals surface area (Å²) < 4.78 is 5.63. The van der Waals surface area contributed by atoms with Gasteiger partial charge in [-0.25, -0.2) is 4.98 Å². The zero-order chi connectivity index (χ0) is 15.4. The molecule has 1 N–H and O–H groups in total. The molecule has 0 unspecified atom stereocenters. The van der Waals surface area contributed by atoms with Crippen molar-refractivity contribution in [2.45, 2.75) is 25.5 Å². The van der Waals surface area contributed by atoms with E-state index in [-0.39, 0.29) is 12.5 Å². The molecule has 0 radical (unpaired) electrons. The minimum Gasteiger partial charge on any atom is -0.487 e. The molecule has 2 aromatic rings. The first-order valence-corrected chi connectivity index (χ1v) is 8.24. The summed E-state index contributed by atoms with van der Waals surface area (Å²) in [5, 5.41) is 11.0. The number of hydrogen-bond donors (Lipinski definition) is 1. The molecular weight excluding hydrogens is 300 g/mol. The molecule has 1 amide bonds.